The third-order valence-electron chi connectivity index (χ3n) is 4.23. The maximum Gasteiger partial charge on any atom is 0.0897 e. The van der Waals surface area contributed by atoms with Crippen LogP contribution in [-0.2, 0) is 4.74 Å². The number of thioether (sulfide) groups is 1. The molecule has 0 aliphatic heterocycles. The van der Waals surface area contributed by atoms with Gasteiger partial charge in [-0.15, -0.1) is 0 Å². The SMILES string of the molecule is CCCCCCOCC(O)CNCC1(SC)CCCC1. The molecule has 0 saturated heterocycles. The van der Waals surface area contributed by atoms with Crippen LogP contribution in [0.25, 0.3) is 0 Å². The summed E-state index contributed by atoms with van der Waals surface area (Å²) < 4.78 is 5.94. The number of aliphatic hydroxyl groups is 1. The molecule has 20 heavy (non-hydrogen) atoms. The quantitative estimate of drug-likeness (QED) is 0.543. The highest BCUT2D eigenvalue weighted by molar-refractivity contribution is 8.00. The van der Waals surface area contributed by atoms with Crippen LogP contribution in [0.4, 0.5) is 0 Å². The highest BCUT2D eigenvalue weighted by atomic mass is 32.2. The van der Waals surface area contributed by atoms with E-state index in [1.807, 2.05) is 11.8 Å². The summed E-state index contributed by atoms with van der Waals surface area (Å²) in [5.41, 5.74) is 0. The van der Waals surface area contributed by atoms with Crippen LogP contribution in [-0.4, -0.2) is 48.5 Å². The molecule has 0 heterocycles. The smallest absolute Gasteiger partial charge is 0.0897 e. The zero-order valence-electron chi connectivity index (χ0n) is 13.3. The van der Waals surface area contributed by atoms with Crippen molar-refractivity contribution >= 4 is 11.8 Å². The number of hydrogen-bond donors (Lipinski definition) is 2. The molecule has 1 aliphatic rings. The summed E-state index contributed by atoms with van der Waals surface area (Å²) in [4.78, 5) is 0. The fraction of sp³-hybridized carbons (Fsp3) is 1.00. The van der Waals surface area contributed by atoms with Crippen molar-refractivity contribution in [2.75, 3.05) is 32.6 Å². The molecule has 1 aliphatic carbocycles. The van der Waals surface area contributed by atoms with Gasteiger partial charge in [0.15, 0.2) is 0 Å². The van der Waals surface area contributed by atoms with E-state index in [2.05, 4.69) is 18.5 Å². The molecule has 4 heteroatoms. The molecule has 1 rings (SSSR count). The Morgan fingerprint density at radius 3 is 2.65 bits per heavy atom. The summed E-state index contributed by atoms with van der Waals surface area (Å²) in [6.07, 6.45) is 12.1. The van der Waals surface area contributed by atoms with Gasteiger partial charge in [0.05, 0.1) is 12.7 Å². The fourth-order valence-corrected chi connectivity index (χ4v) is 3.79. The molecule has 1 fully saturated rings. The van der Waals surface area contributed by atoms with Crippen molar-refractivity contribution in [2.24, 2.45) is 0 Å². The largest absolute Gasteiger partial charge is 0.389 e. The minimum Gasteiger partial charge on any atom is -0.389 e. The monoisotopic (exact) mass is 303 g/mol. The lowest BCUT2D eigenvalue weighted by Gasteiger charge is -2.27. The summed E-state index contributed by atoms with van der Waals surface area (Å²) >= 11 is 1.99. The van der Waals surface area contributed by atoms with Gasteiger partial charge in [-0.1, -0.05) is 39.0 Å². The van der Waals surface area contributed by atoms with Crippen molar-refractivity contribution in [2.45, 2.75) is 69.1 Å². The van der Waals surface area contributed by atoms with Gasteiger partial charge in [-0.25, -0.2) is 0 Å². The topological polar surface area (TPSA) is 41.5 Å². The van der Waals surface area contributed by atoms with Gasteiger partial charge in [0.2, 0.25) is 0 Å². The summed E-state index contributed by atoms with van der Waals surface area (Å²) in [6, 6.07) is 0. The Balaban J connectivity index is 1.98. The van der Waals surface area contributed by atoms with E-state index in [4.69, 9.17) is 4.74 Å². The predicted octanol–water partition coefficient (Wildman–Crippen LogP) is 3.21. The molecule has 0 radical (unpaired) electrons. The molecule has 1 unspecified atom stereocenters. The van der Waals surface area contributed by atoms with E-state index >= 15 is 0 Å². The Kier molecular flexibility index (Phi) is 9.95. The molecule has 0 bridgehead atoms. The van der Waals surface area contributed by atoms with Crippen LogP contribution < -0.4 is 5.32 Å². The van der Waals surface area contributed by atoms with Gasteiger partial charge in [0, 0.05) is 24.4 Å². The molecule has 1 atom stereocenters. The molecule has 0 aromatic heterocycles. The Morgan fingerprint density at radius 2 is 2.00 bits per heavy atom. The van der Waals surface area contributed by atoms with E-state index in [1.54, 1.807) is 0 Å². The summed E-state index contributed by atoms with van der Waals surface area (Å²) in [6.45, 7) is 5.12. The van der Waals surface area contributed by atoms with Crippen molar-refractivity contribution in [1.82, 2.24) is 5.32 Å². The fourth-order valence-electron chi connectivity index (χ4n) is 2.85. The molecule has 120 valence electrons. The molecule has 0 spiro atoms. The van der Waals surface area contributed by atoms with Crippen LogP contribution in [0, 0.1) is 0 Å². The summed E-state index contributed by atoms with van der Waals surface area (Å²) in [7, 11) is 0. The van der Waals surface area contributed by atoms with Crippen LogP contribution in [0.1, 0.15) is 58.3 Å². The lowest BCUT2D eigenvalue weighted by Crippen LogP contribution is -2.39. The number of rotatable bonds is 12. The van der Waals surface area contributed by atoms with Crippen molar-refractivity contribution in [3.8, 4) is 0 Å². The zero-order chi connectivity index (χ0) is 14.7. The van der Waals surface area contributed by atoms with E-state index in [0.717, 1.165) is 19.6 Å². The van der Waals surface area contributed by atoms with E-state index in [0.29, 0.717) is 17.9 Å². The number of aliphatic hydroxyl groups excluding tert-OH is 1. The van der Waals surface area contributed by atoms with Crippen LogP contribution in [0.15, 0.2) is 0 Å². The highest BCUT2D eigenvalue weighted by Crippen LogP contribution is 2.39. The van der Waals surface area contributed by atoms with E-state index < -0.39 is 0 Å². The van der Waals surface area contributed by atoms with E-state index in [9.17, 15) is 5.11 Å². The first-order valence-electron chi connectivity index (χ1n) is 8.24. The van der Waals surface area contributed by atoms with Crippen LogP contribution in [0.3, 0.4) is 0 Å². The van der Waals surface area contributed by atoms with Gasteiger partial charge >= 0.3 is 0 Å². The maximum absolute atomic E-state index is 9.89. The normalized spacial score (nSPS) is 19.4. The van der Waals surface area contributed by atoms with Gasteiger partial charge in [-0.2, -0.15) is 11.8 Å². The highest BCUT2D eigenvalue weighted by Gasteiger charge is 2.32. The second-order valence-electron chi connectivity index (χ2n) is 6.01. The predicted molar refractivity (Wildman–Crippen MR) is 88.6 cm³/mol. The minimum atomic E-state index is -0.374. The first-order chi connectivity index (χ1) is 9.72. The Labute approximate surface area is 129 Å². The molecule has 1 saturated carbocycles. The van der Waals surface area contributed by atoms with Crippen LogP contribution in [0.5, 0.6) is 0 Å². The first kappa shape index (κ1) is 18.3. The number of nitrogens with one attached hydrogen (secondary N) is 1. The van der Waals surface area contributed by atoms with Gasteiger partial charge in [0.1, 0.15) is 0 Å². The van der Waals surface area contributed by atoms with E-state index in [1.165, 1.54) is 44.9 Å². The van der Waals surface area contributed by atoms with Crippen LogP contribution >= 0.6 is 11.8 Å². The van der Waals surface area contributed by atoms with Crippen LogP contribution in [0.2, 0.25) is 0 Å². The number of ether oxygens (including phenoxy) is 1. The Morgan fingerprint density at radius 1 is 1.25 bits per heavy atom. The summed E-state index contributed by atoms with van der Waals surface area (Å²) in [5, 5.41) is 13.3. The second kappa shape index (κ2) is 10.9. The molecular weight excluding hydrogens is 270 g/mol. The lowest BCUT2D eigenvalue weighted by molar-refractivity contribution is 0.0353. The minimum absolute atomic E-state index is 0.374. The van der Waals surface area contributed by atoms with Crippen molar-refractivity contribution < 1.29 is 9.84 Å². The Hall–Kier alpha value is 0.230. The first-order valence-corrected chi connectivity index (χ1v) is 9.46. The second-order valence-corrected chi connectivity index (χ2v) is 7.29. The third-order valence-corrected chi connectivity index (χ3v) is 5.65. The van der Waals surface area contributed by atoms with Crippen molar-refractivity contribution in [1.29, 1.82) is 0 Å². The standard InChI is InChI=1S/C16H33NO2S/c1-3-4-5-8-11-19-13-15(18)12-17-14-16(20-2)9-6-7-10-16/h15,17-18H,3-14H2,1-2H3. The van der Waals surface area contributed by atoms with Gasteiger partial charge in [0.25, 0.3) is 0 Å². The molecule has 0 aromatic rings. The van der Waals surface area contributed by atoms with Crippen molar-refractivity contribution in [3.63, 3.8) is 0 Å². The molecular formula is C16H33NO2S. The summed E-state index contributed by atoms with van der Waals surface area (Å²) in [5.74, 6) is 0. The van der Waals surface area contributed by atoms with Crippen molar-refractivity contribution in [3.05, 3.63) is 0 Å². The average Bonchev–Trinajstić information content (AvgIpc) is 2.92. The maximum atomic E-state index is 9.89. The van der Waals surface area contributed by atoms with Gasteiger partial charge < -0.3 is 15.2 Å². The van der Waals surface area contributed by atoms with E-state index in [-0.39, 0.29) is 6.10 Å². The van der Waals surface area contributed by atoms with Gasteiger partial charge in [-0.3, -0.25) is 0 Å². The zero-order valence-corrected chi connectivity index (χ0v) is 14.1. The molecule has 0 aromatic carbocycles. The lowest BCUT2D eigenvalue weighted by atomic mass is 10.1. The molecule has 2 N–H and O–H groups in total. The number of unbranched alkanes of at least 4 members (excludes halogenated alkanes) is 3. The molecule has 3 nitrogen and oxygen atoms in total. The molecule has 0 amide bonds. The number of hydrogen-bond acceptors (Lipinski definition) is 4. The Bertz CT molecular complexity index is 233. The average molecular weight is 304 g/mol. The van der Waals surface area contributed by atoms with Gasteiger partial charge in [-0.05, 0) is 25.5 Å². The third kappa shape index (κ3) is 7.30.